The SMILES string of the molecule is C#CC1(N2[Si](C)(C)CC[Si]2(C)C)CCCCC1. The van der Waals surface area contributed by atoms with Gasteiger partial charge in [0, 0.05) is 0 Å². The lowest BCUT2D eigenvalue weighted by molar-refractivity contribution is 0.252. The average molecular weight is 266 g/mol. The van der Waals surface area contributed by atoms with E-state index in [1.54, 1.807) is 0 Å². The van der Waals surface area contributed by atoms with Crippen molar-refractivity contribution < 1.29 is 0 Å². The molecular weight excluding hydrogens is 238 g/mol. The van der Waals surface area contributed by atoms with E-state index in [0.29, 0.717) is 0 Å². The van der Waals surface area contributed by atoms with Gasteiger partial charge in [0.05, 0.1) is 5.54 Å². The normalized spacial score (nSPS) is 31.0. The highest BCUT2D eigenvalue weighted by molar-refractivity contribution is 6.95. The van der Waals surface area contributed by atoms with Crippen molar-refractivity contribution in [1.82, 2.24) is 4.23 Å². The van der Waals surface area contributed by atoms with Crippen LogP contribution in [0.1, 0.15) is 32.1 Å². The number of hydrogen-bond donors (Lipinski definition) is 0. The van der Waals surface area contributed by atoms with Gasteiger partial charge in [-0.15, -0.1) is 6.42 Å². The molecule has 2 rings (SSSR count). The molecule has 0 unspecified atom stereocenters. The monoisotopic (exact) mass is 265 g/mol. The van der Waals surface area contributed by atoms with Gasteiger partial charge in [-0.05, 0) is 24.9 Å². The van der Waals surface area contributed by atoms with E-state index in [0.717, 1.165) is 0 Å². The summed E-state index contributed by atoms with van der Waals surface area (Å²) in [5.41, 5.74) is 0.153. The van der Waals surface area contributed by atoms with Gasteiger partial charge in [-0.3, -0.25) is 0 Å². The quantitative estimate of drug-likeness (QED) is 0.511. The number of hydrogen-bond acceptors (Lipinski definition) is 1. The number of terminal acetylenes is 1. The molecule has 1 nitrogen and oxygen atoms in total. The van der Waals surface area contributed by atoms with Crippen molar-refractivity contribution in [2.24, 2.45) is 0 Å². The van der Waals surface area contributed by atoms with E-state index in [9.17, 15) is 0 Å². The number of rotatable bonds is 1. The zero-order valence-corrected chi connectivity index (χ0v) is 14.0. The van der Waals surface area contributed by atoms with Gasteiger partial charge in [0.25, 0.3) is 0 Å². The third-order valence-corrected chi connectivity index (χ3v) is 15.3. The van der Waals surface area contributed by atoms with Crippen molar-refractivity contribution in [3.63, 3.8) is 0 Å². The molecule has 1 aliphatic carbocycles. The topological polar surface area (TPSA) is 3.24 Å². The van der Waals surface area contributed by atoms with Crippen molar-refractivity contribution in [3.05, 3.63) is 0 Å². The van der Waals surface area contributed by atoms with Gasteiger partial charge in [0.2, 0.25) is 0 Å². The smallest absolute Gasteiger partial charge is 0.116 e. The minimum Gasteiger partial charge on any atom is -0.330 e. The van der Waals surface area contributed by atoms with Crippen LogP contribution < -0.4 is 0 Å². The number of nitrogens with zero attached hydrogens (tertiary/aromatic N) is 1. The fourth-order valence-corrected chi connectivity index (χ4v) is 19.8. The Hall–Kier alpha value is -0.0462. The molecule has 0 radical (unpaired) electrons. The van der Waals surface area contributed by atoms with Crippen LogP contribution in [0.2, 0.25) is 38.3 Å². The first-order chi connectivity index (χ1) is 7.84. The maximum atomic E-state index is 6.01. The van der Waals surface area contributed by atoms with Crippen molar-refractivity contribution >= 4 is 16.5 Å². The minimum atomic E-state index is -1.23. The fraction of sp³-hybridized carbons (Fsp3) is 0.857. The molecule has 0 spiro atoms. The summed E-state index contributed by atoms with van der Waals surface area (Å²) in [6.45, 7) is 10.2. The lowest BCUT2D eigenvalue weighted by Gasteiger charge is -2.52. The highest BCUT2D eigenvalue weighted by Crippen LogP contribution is 2.46. The maximum Gasteiger partial charge on any atom is 0.116 e. The summed E-state index contributed by atoms with van der Waals surface area (Å²) in [5.74, 6) is 3.27. The van der Waals surface area contributed by atoms with E-state index in [1.807, 2.05) is 0 Å². The molecule has 1 saturated heterocycles. The van der Waals surface area contributed by atoms with Crippen LogP contribution in [0.25, 0.3) is 0 Å². The second-order valence-electron chi connectivity index (χ2n) is 7.20. The standard InChI is InChI=1S/C14H27NSi2/c1-6-14(10-8-7-9-11-14)15-16(2,3)12-13-17(15,4)5/h1H,7-13H2,2-5H3. The fourth-order valence-electron chi connectivity index (χ4n) is 4.38. The molecule has 2 fully saturated rings. The molecule has 0 atom stereocenters. The van der Waals surface area contributed by atoms with Crippen LogP contribution in [-0.2, 0) is 0 Å². The van der Waals surface area contributed by atoms with Crippen molar-refractivity contribution in [3.8, 4) is 12.3 Å². The van der Waals surface area contributed by atoms with Crippen LogP contribution >= 0.6 is 0 Å². The third-order valence-electron chi connectivity index (χ3n) is 4.94. The Kier molecular flexibility index (Phi) is 3.35. The summed E-state index contributed by atoms with van der Waals surface area (Å²) in [5, 5.41) is 0. The first-order valence-corrected chi connectivity index (χ1v) is 13.4. The molecule has 96 valence electrons. The van der Waals surface area contributed by atoms with Crippen molar-refractivity contribution in [2.75, 3.05) is 0 Å². The van der Waals surface area contributed by atoms with Crippen LogP contribution in [0.4, 0.5) is 0 Å². The summed E-state index contributed by atoms with van der Waals surface area (Å²) in [6.07, 6.45) is 12.6. The predicted molar refractivity (Wildman–Crippen MR) is 81.1 cm³/mol. The Morgan fingerprint density at radius 1 is 0.941 bits per heavy atom. The van der Waals surface area contributed by atoms with E-state index >= 15 is 0 Å². The van der Waals surface area contributed by atoms with Crippen molar-refractivity contribution in [1.29, 1.82) is 0 Å². The largest absolute Gasteiger partial charge is 0.330 e. The molecule has 0 N–H and O–H groups in total. The molecule has 0 bridgehead atoms. The van der Waals surface area contributed by atoms with E-state index in [-0.39, 0.29) is 5.54 Å². The van der Waals surface area contributed by atoms with Gasteiger partial charge in [0.15, 0.2) is 0 Å². The van der Waals surface area contributed by atoms with E-state index < -0.39 is 16.5 Å². The van der Waals surface area contributed by atoms with Crippen LogP contribution in [0, 0.1) is 12.3 Å². The van der Waals surface area contributed by atoms with Crippen LogP contribution in [0.15, 0.2) is 0 Å². The summed E-state index contributed by atoms with van der Waals surface area (Å²) >= 11 is 0. The van der Waals surface area contributed by atoms with Gasteiger partial charge in [0.1, 0.15) is 16.5 Å². The van der Waals surface area contributed by atoms with Gasteiger partial charge in [-0.2, -0.15) is 0 Å². The second kappa shape index (κ2) is 4.26. The molecule has 0 aromatic carbocycles. The lowest BCUT2D eigenvalue weighted by Crippen LogP contribution is -2.66. The summed E-state index contributed by atoms with van der Waals surface area (Å²) < 4.78 is 2.96. The molecule has 1 heterocycles. The first-order valence-electron chi connectivity index (χ1n) is 7.12. The molecule has 2 aliphatic rings. The van der Waals surface area contributed by atoms with Gasteiger partial charge < -0.3 is 4.23 Å². The van der Waals surface area contributed by atoms with Gasteiger partial charge in [-0.1, -0.05) is 51.4 Å². The van der Waals surface area contributed by atoms with E-state index in [1.165, 1.54) is 44.2 Å². The first kappa shape index (κ1) is 13.4. The molecular formula is C14H27NSi2. The van der Waals surface area contributed by atoms with Gasteiger partial charge in [-0.25, -0.2) is 0 Å². The molecule has 0 amide bonds. The minimum absolute atomic E-state index is 0.153. The third kappa shape index (κ3) is 2.16. The van der Waals surface area contributed by atoms with Gasteiger partial charge >= 0.3 is 0 Å². The molecule has 0 aromatic rings. The second-order valence-corrected chi connectivity index (χ2v) is 16.8. The Bertz CT molecular complexity index is 319. The van der Waals surface area contributed by atoms with E-state index in [4.69, 9.17) is 6.42 Å². The van der Waals surface area contributed by atoms with Crippen LogP contribution in [-0.4, -0.2) is 26.2 Å². The molecule has 0 aromatic heterocycles. The zero-order chi connectivity index (χ0) is 12.7. The molecule has 1 aliphatic heterocycles. The summed E-state index contributed by atoms with van der Waals surface area (Å²) in [6, 6.07) is 2.94. The predicted octanol–water partition coefficient (Wildman–Crippen LogP) is 4.05. The Morgan fingerprint density at radius 3 is 1.82 bits per heavy atom. The maximum absolute atomic E-state index is 6.01. The average Bonchev–Trinajstić information content (AvgIpc) is 2.49. The van der Waals surface area contributed by atoms with Crippen molar-refractivity contribution in [2.45, 2.75) is 75.9 Å². The van der Waals surface area contributed by atoms with Crippen LogP contribution in [0.5, 0.6) is 0 Å². The Labute approximate surface area is 109 Å². The molecule has 1 saturated carbocycles. The Morgan fingerprint density at radius 2 is 1.41 bits per heavy atom. The summed E-state index contributed by atoms with van der Waals surface area (Å²) in [7, 11) is -2.47. The molecule has 3 heteroatoms. The van der Waals surface area contributed by atoms with Crippen LogP contribution in [0.3, 0.4) is 0 Å². The Balaban J connectivity index is 2.38. The molecule has 17 heavy (non-hydrogen) atoms. The highest BCUT2D eigenvalue weighted by Gasteiger charge is 2.55. The lowest BCUT2D eigenvalue weighted by atomic mass is 9.83. The highest BCUT2D eigenvalue weighted by atomic mass is 28.4. The van der Waals surface area contributed by atoms with E-state index in [2.05, 4.69) is 36.3 Å². The zero-order valence-electron chi connectivity index (χ0n) is 12.0. The summed E-state index contributed by atoms with van der Waals surface area (Å²) in [4.78, 5) is 0.